The largest absolute Gasteiger partial charge is 0.355 e. The van der Waals surface area contributed by atoms with Crippen LogP contribution >= 0.6 is 0 Å². The summed E-state index contributed by atoms with van der Waals surface area (Å²) in [6.45, 7) is 6.37. The molecule has 1 fully saturated rings. The first-order chi connectivity index (χ1) is 10.2. The Labute approximate surface area is 126 Å². The number of nitriles is 1. The van der Waals surface area contributed by atoms with Crippen LogP contribution in [-0.2, 0) is 11.2 Å². The molecule has 1 aromatic rings. The van der Waals surface area contributed by atoms with Crippen molar-refractivity contribution in [2.75, 3.05) is 26.2 Å². The average molecular weight is 285 g/mol. The third kappa shape index (κ3) is 5.20. The molecule has 0 bridgehead atoms. The molecule has 0 aromatic heterocycles. The van der Waals surface area contributed by atoms with E-state index in [2.05, 4.69) is 23.2 Å². The molecule has 1 saturated heterocycles. The van der Waals surface area contributed by atoms with Gasteiger partial charge >= 0.3 is 0 Å². The summed E-state index contributed by atoms with van der Waals surface area (Å²) in [7, 11) is 0. The second-order valence-corrected chi connectivity index (χ2v) is 5.90. The van der Waals surface area contributed by atoms with Gasteiger partial charge in [0.05, 0.1) is 18.1 Å². The quantitative estimate of drug-likeness (QED) is 0.869. The third-order valence-corrected chi connectivity index (χ3v) is 3.86. The van der Waals surface area contributed by atoms with E-state index in [0.717, 1.165) is 18.7 Å². The van der Waals surface area contributed by atoms with Crippen LogP contribution in [-0.4, -0.2) is 37.0 Å². The molecule has 1 N–H and O–H groups in total. The highest BCUT2D eigenvalue weighted by Gasteiger charge is 2.15. The zero-order valence-electron chi connectivity index (χ0n) is 12.6. The summed E-state index contributed by atoms with van der Waals surface area (Å²) in [5.41, 5.74) is 1.57. The Kier molecular flexibility index (Phi) is 5.77. The molecule has 0 saturated carbocycles. The van der Waals surface area contributed by atoms with E-state index in [1.807, 2.05) is 12.1 Å². The lowest BCUT2D eigenvalue weighted by molar-refractivity contribution is -0.120. The predicted molar refractivity (Wildman–Crippen MR) is 82.7 cm³/mol. The van der Waals surface area contributed by atoms with Gasteiger partial charge < -0.3 is 10.2 Å². The molecule has 1 aromatic carbocycles. The fourth-order valence-electron chi connectivity index (χ4n) is 2.70. The minimum absolute atomic E-state index is 0.0491. The summed E-state index contributed by atoms with van der Waals surface area (Å²) in [6.07, 6.45) is 2.98. The number of hydrogen-bond donors (Lipinski definition) is 1. The SMILES string of the molecule is CC(CNC(=O)Cc1ccc(C#N)cc1)CN1CCCC1. The van der Waals surface area contributed by atoms with Gasteiger partial charge in [0.2, 0.25) is 5.91 Å². The van der Waals surface area contributed by atoms with E-state index in [4.69, 9.17) is 5.26 Å². The van der Waals surface area contributed by atoms with Crippen LogP contribution in [0.5, 0.6) is 0 Å². The maximum absolute atomic E-state index is 11.9. The molecule has 1 amide bonds. The van der Waals surface area contributed by atoms with Crippen LogP contribution < -0.4 is 5.32 Å². The second kappa shape index (κ2) is 7.80. The normalized spacial score (nSPS) is 16.4. The molecule has 1 aliphatic heterocycles. The standard InChI is InChI=1S/C17H23N3O/c1-14(13-20-8-2-3-9-20)12-19-17(21)10-15-4-6-16(11-18)7-5-15/h4-7,14H,2-3,8-10,12-13H2,1H3,(H,19,21). The molecule has 1 heterocycles. The van der Waals surface area contributed by atoms with Crippen molar-refractivity contribution in [3.05, 3.63) is 35.4 Å². The summed E-state index contributed by atoms with van der Waals surface area (Å²) < 4.78 is 0. The van der Waals surface area contributed by atoms with Crippen molar-refractivity contribution in [1.29, 1.82) is 5.26 Å². The Morgan fingerprint density at radius 2 is 2.00 bits per heavy atom. The second-order valence-electron chi connectivity index (χ2n) is 5.90. The molecule has 1 unspecified atom stereocenters. The fourth-order valence-corrected chi connectivity index (χ4v) is 2.70. The molecule has 0 aliphatic carbocycles. The average Bonchev–Trinajstić information content (AvgIpc) is 2.99. The molecular weight excluding hydrogens is 262 g/mol. The van der Waals surface area contributed by atoms with E-state index >= 15 is 0 Å². The van der Waals surface area contributed by atoms with Crippen molar-refractivity contribution in [3.63, 3.8) is 0 Å². The lowest BCUT2D eigenvalue weighted by Crippen LogP contribution is -2.35. The monoisotopic (exact) mass is 285 g/mol. The number of hydrogen-bond acceptors (Lipinski definition) is 3. The molecule has 112 valence electrons. The number of likely N-dealkylation sites (tertiary alicyclic amines) is 1. The van der Waals surface area contributed by atoms with Gasteiger partial charge in [-0.2, -0.15) is 5.26 Å². The lowest BCUT2D eigenvalue weighted by atomic mass is 10.1. The predicted octanol–water partition coefficient (Wildman–Crippen LogP) is 1.95. The van der Waals surface area contributed by atoms with Gasteiger partial charge in [-0.25, -0.2) is 0 Å². The van der Waals surface area contributed by atoms with Crippen LogP contribution in [0.1, 0.15) is 30.9 Å². The van der Waals surface area contributed by atoms with E-state index in [9.17, 15) is 4.79 Å². The van der Waals surface area contributed by atoms with Crippen LogP contribution in [0.4, 0.5) is 0 Å². The van der Waals surface area contributed by atoms with E-state index in [1.165, 1.54) is 25.9 Å². The van der Waals surface area contributed by atoms with Gasteiger partial charge in [0, 0.05) is 13.1 Å². The van der Waals surface area contributed by atoms with E-state index in [-0.39, 0.29) is 5.91 Å². The van der Waals surface area contributed by atoms with Gasteiger partial charge in [0.15, 0.2) is 0 Å². The lowest BCUT2D eigenvalue weighted by Gasteiger charge is -2.20. The summed E-state index contributed by atoms with van der Waals surface area (Å²) >= 11 is 0. The molecular formula is C17H23N3O. The van der Waals surface area contributed by atoms with Crippen molar-refractivity contribution in [2.45, 2.75) is 26.2 Å². The topological polar surface area (TPSA) is 56.1 Å². The number of carbonyl (C=O) groups excluding carboxylic acids is 1. The zero-order chi connectivity index (χ0) is 15.1. The fraction of sp³-hybridized carbons (Fsp3) is 0.529. The summed E-state index contributed by atoms with van der Waals surface area (Å²) in [5.74, 6) is 0.529. The van der Waals surface area contributed by atoms with Gasteiger partial charge in [0.1, 0.15) is 0 Å². The Balaban J connectivity index is 1.69. The number of nitrogens with zero attached hydrogens (tertiary/aromatic N) is 2. The minimum Gasteiger partial charge on any atom is -0.355 e. The van der Waals surface area contributed by atoms with Gasteiger partial charge in [-0.1, -0.05) is 19.1 Å². The minimum atomic E-state index is 0.0491. The Morgan fingerprint density at radius 1 is 1.33 bits per heavy atom. The number of benzene rings is 1. The van der Waals surface area contributed by atoms with E-state index in [0.29, 0.717) is 17.9 Å². The smallest absolute Gasteiger partial charge is 0.224 e. The van der Waals surface area contributed by atoms with Gasteiger partial charge in [-0.3, -0.25) is 4.79 Å². The highest BCUT2D eigenvalue weighted by atomic mass is 16.1. The summed E-state index contributed by atoms with van der Waals surface area (Å²) in [4.78, 5) is 14.4. The zero-order valence-corrected chi connectivity index (χ0v) is 12.6. The summed E-state index contributed by atoms with van der Waals surface area (Å²) in [6, 6.07) is 9.25. The van der Waals surface area contributed by atoms with Crippen LogP contribution in [0, 0.1) is 17.2 Å². The Bertz CT molecular complexity index is 498. The van der Waals surface area contributed by atoms with Crippen molar-refractivity contribution in [3.8, 4) is 6.07 Å². The number of amides is 1. The molecule has 0 spiro atoms. The van der Waals surface area contributed by atoms with Gasteiger partial charge in [0.25, 0.3) is 0 Å². The molecule has 4 nitrogen and oxygen atoms in total. The number of rotatable bonds is 6. The van der Waals surface area contributed by atoms with Crippen LogP contribution in [0.3, 0.4) is 0 Å². The molecule has 4 heteroatoms. The highest BCUT2D eigenvalue weighted by Crippen LogP contribution is 2.10. The number of carbonyl (C=O) groups is 1. The molecule has 0 radical (unpaired) electrons. The first-order valence-corrected chi connectivity index (χ1v) is 7.65. The van der Waals surface area contributed by atoms with E-state index < -0.39 is 0 Å². The molecule has 2 rings (SSSR count). The van der Waals surface area contributed by atoms with E-state index in [1.54, 1.807) is 12.1 Å². The maximum Gasteiger partial charge on any atom is 0.224 e. The van der Waals surface area contributed by atoms with Crippen LogP contribution in [0.25, 0.3) is 0 Å². The van der Waals surface area contributed by atoms with Crippen LogP contribution in [0.2, 0.25) is 0 Å². The molecule has 1 atom stereocenters. The van der Waals surface area contributed by atoms with Crippen molar-refractivity contribution in [2.24, 2.45) is 5.92 Å². The summed E-state index contributed by atoms with van der Waals surface area (Å²) in [5, 5.41) is 11.7. The first-order valence-electron chi connectivity index (χ1n) is 7.65. The highest BCUT2D eigenvalue weighted by molar-refractivity contribution is 5.78. The van der Waals surface area contributed by atoms with Crippen LogP contribution in [0.15, 0.2) is 24.3 Å². The van der Waals surface area contributed by atoms with Crippen molar-refractivity contribution >= 4 is 5.91 Å². The van der Waals surface area contributed by atoms with Crippen molar-refractivity contribution < 1.29 is 4.79 Å². The molecule has 1 aliphatic rings. The van der Waals surface area contributed by atoms with Gasteiger partial charge in [-0.15, -0.1) is 0 Å². The molecule has 21 heavy (non-hydrogen) atoms. The Hall–Kier alpha value is -1.86. The number of nitrogens with one attached hydrogen (secondary N) is 1. The third-order valence-electron chi connectivity index (χ3n) is 3.86. The maximum atomic E-state index is 11.9. The Morgan fingerprint density at radius 3 is 2.62 bits per heavy atom. The van der Waals surface area contributed by atoms with Crippen molar-refractivity contribution in [1.82, 2.24) is 10.2 Å². The van der Waals surface area contributed by atoms with Gasteiger partial charge in [-0.05, 0) is 49.5 Å². The first kappa shape index (κ1) is 15.5.